The third-order valence-electron chi connectivity index (χ3n) is 5.28. The number of carbonyl (C=O) groups excluding carboxylic acids is 1. The van der Waals surface area contributed by atoms with Crippen LogP contribution in [0.3, 0.4) is 0 Å². The first-order chi connectivity index (χ1) is 12.8. The number of carbonyl (C=O) groups is 1. The number of H-pyrrole nitrogens is 1. The van der Waals surface area contributed by atoms with E-state index in [2.05, 4.69) is 33.5 Å². The van der Waals surface area contributed by atoms with Gasteiger partial charge in [0, 0.05) is 18.5 Å². The van der Waals surface area contributed by atoms with Crippen LogP contribution >= 0.6 is 0 Å². The lowest BCUT2D eigenvalue weighted by Crippen LogP contribution is -2.15. The number of rotatable bonds is 6. The molecule has 1 saturated carbocycles. The highest BCUT2D eigenvalue weighted by Crippen LogP contribution is 2.27. The summed E-state index contributed by atoms with van der Waals surface area (Å²) >= 11 is 0. The number of aromatic nitrogens is 2. The lowest BCUT2D eigenvalue weighted by Gasteiger charge is -2.10. The second-order valence-corrected chi connectivity index (χ2v) is 7.30. The molecule has 2 aromatic carbocycles. The number of imidazole rings is 1. The van der Waals surface area contributed by atoms with Crippen LogP contribution in [0, 0.1) is 5.92 Å². The highest BCUT2D eigenvalue weighted by molar-refractivity contribution is 5.90. The molecule has 1 heterocycles. The lowest BCUT2D eigenvalue weighted by molar-refractivity contribution is -0.117. The summed E-state index contributed by atoms with van der Waals surface area (Å²) in [5, 5.41) is 3.03. The summed E-state index contributed by atoms with van der Waals surface area (Å²) in [6, 6.07) is 16.3. The molecule has 0 unspecified atom stereocenters. The van der Waals surface area contributed by atoms with Crippen LogP contribution in [-0.2, 0) is 17.6 Å². The predicted octanol–water partition coefficient (Wildman–Crippen LogP) is 4.87. The topological polar surface area (TPSA) is 57.8 Å². The van der Waals surface area contributed by atoms with Crippen LogP contribution in [0.25, 0.3) is 11.0 Å². The van der Waals surface area contributed by atoms with E-state index < -0.39 is 0 Å². The van der Waals surface area contributed by atoms with Gasteiger partial charge in [0.05, 0.1) is 11.0 Å². The van der Waals surface area contributed by atoms with Gasteiger partial charge in [-0.1, -0.05) is 37.1 Å². The summed E-state index contributed by atoms with van der Waals surface area (Å²) in [5.41, 5.74) is 4.24. The van der Waals surface area contributed by atoms with Crippen molar-refractivity contribution in [3.05, 3.63) is 59.9 Å². The number of aryl methyl sites for hydroxylation is 2. The van der Waals surface area contributed by atoms with Gasteiger partial charge in [-0.25, -0.2) is 4.98 Å². The van der Waals surface area contributed by atoms with Gasteiger partial charge in [0.15, 0.2) is 0 Å². The molecule has 1 aliphatic rings. The number of fused-ring (bicyclic) bond motifs is 1. The van der Waals surface area contributed by atoms with Gasteiger partial charge in [-0.05, 0) is 55.0 Å². The molecule has 0 bridgehead atoms. The molecule has 1 amide bonds. The van der Waals surface area contributed by atoms with Crippen LogP contribution in [-0.4, -0.2) is 15.9 Å². The fourth-order valence-electron chi connectivity index (χ4n) is 3.83. The van der Waals surface area contributed by atoms with Crippen molar-refractivity contribution >= 4 is 22.6 Å². The first-order valence-corrected chi connectivity index (χ1v) is 9.59. The quantitative estimate of drug-likeness (QED) is 0.668. The molecule has 0 radical (unpaired) electrons. The standard InChI is InChI=1S/C22H25N3O/c26-22(15-17-5-1-2-6-17)23-18-12-9-16(10-13-18)11-14-21-24-19-7-3-4-8-20(19)25-21/h3-4,7-10,12-13,17H,1-2,5-6,11,14-15H2,(H,23,26)(H,24,25). The minimum Gasteiger partial charge on any atom is -0.342 e. The second-order valence-electron chi connectivity index (χ2n) is 7.30. The largest absolute Gasteiger partial charge is 0.342 e. The fraction of sp³-hybridized carbons (Fsp3) is 0.364. The number of amides is 1. The van der Waals surface area contributed by atoms with E-state index in [1.165, 1.54) is 31.2 Å². The van der Waals surface area contributed by atoms with Crippen LogP contribution in [0.5, 0.6) is 0 Å². The number of nitrogens with zero attached hydrogens (tertiary/aromatic N) is 1. The van der Waals surface area contributed by atoms with E-state index in [0.29, 0.717) is 12.3 Å². The Morgan fingerprint density at radius 1 is 1.04 bits per heavy atom. The van der Waals surface area contributed by atoms with E-state index in [1.807, 2.05) is 30.3 Å². The Morgan fingerprint density at radius 3 is 2.58 bits per heavy atom. The molecular weight excluding hydrogens is 322 g/mol. The van der Waals surface area contributed by atoms with E-state index in [1.54, 1.807) is 0 Å². The maximum Gasteiger partial charge on any atom is 0.224 e. The summed E-state index contributed by atoms with van der Waals surface area (Å²) in [6.07, 6.45) is 7.42. The Balaban J connectivity index is 1.30. The highest BCUT2D eigenvalue weighted by Gasteiger charge is 2.18. The van der Waals surface area contributed by atoms with E-state index in [4.69, 9.17) is 0 Å². The first kappa shape index (κ1) is 16.8. The monoisotopic (exact) mass is 347 g/mol. The summed E-state index contributed by atoms with van der Waals surface area (Å²) in [7, 11) is 0. The third kappa shape index (κ3) is 4.13. The van der Waals surface area contributed by atoms with Crippen molar-refractivity contribution < 1.29 is 4.79 Å². The van der Waals surface area contributed by atoms with Crippen LogP contribution < -0.4 is 5.32 Å². The molecule has 0 saturated heterocycles. The molecule has 134 valence electrons. The predicted molar refractivity (Wildman–Crippen MR) is 105 cm³/mol. The van der Waals surface area contributed by atoms with E-state index in [-0.39, 0.29) is 5.91 Å². The zero-order valence-corrected chi connectivity index (χ0v) is 15.0. The van der Waals surface area contributed by atoms with Crippen molar-refractivity contribution in [2.45, 2.75) is 44.9 Å². The van der Waals surface area contributed by atoms with Gasteiger partial charge in [-0.15, -0.1) is 0 Å². The molecule has 4 heteroatoms. The van der Waals surface area contributed by atoms with E-state index in [9.17, 15) is 4.79 Å². The molecular formula is C22H25N3O. The number of benzene rings is 2. The summed E-state index contributed by atoms with van der Waals surface area (Å²) < 4.78 is 0. The van der Waals surface area contributed by atoms with Gasteiger partial charge in [0.2, 0.25) is 5.91 Å². The second kappa shape index (κ2) is 7.73. The van der Waals surface area contributed by atoms with Crippen LogP contribution in [0.2, 0.25) is 0 Å². The molecule has 0 aliphatic heterocycles. The Morgan fingerprint density at radius 2 is 1.81 bits per heavy atom. The minimum atomic E-state index is 0.145. The molecule has 1 aromatic heterocycles. The molecule has 3 aromatic rings. The van der Waals surface area contributed by atoms with Crippen molar-refractivity contribution in [3.8, 4) is 0 Å². The third-order valence-corrected chi connectivity index (χ3v) is 5.28. The molecule has 0 atom stereocenters. The number of para-hydroxylation sites is 2. The molecule has 1 aliphatic carbocycles. The maximum absolute atomic E-state index is 12.1. The zero-order chi connectivity index (χ0) is 17.8. The van der Waals surface area contributed by atoms with Gasteiger partial charge < -0.3 is 10.3 Å². The van der Waals surface area contributed by atoms with Crippen molar-refractivity contribution in [2.24, 2.45) is 5.92 Å². The van der Waals surface area contributed by atoms with Crippen molar-refractivity contribution in [3.63, 3.8) is 0 Å². The average molecular weight is 347 g/mol. The Hall–Kier alpha value is -2.62. The van der Waals surface area contributed by atoms with Crippen molar-refractivity contribution in [1.29, 1.82) is 0 Å². The number of nitrogens with one attached hydrogen (secondary N) is 2. The molecule has 0 spiro atoms. The number of hydrogen-bond acceptors (Lipinski definition) is 2. The summed E-state index contributed by atoms with van der Waals surface area (Å²) in [4.78, 5) is 20.1. The van der Waals surface area contributed by atoms with Gasteiger partial charge >= 0.3 is 0 Å². The van der Waals surface area contributed by atoms with Crippen LogP contribution in [0.4, 0.5) is 5.69 Å². The van der Waals surface area contributed by atoms with Crippen LogP contribution in [0.15, 0.2) is 48.5 Å². The molecule has 4 rings (SSSR count). The van der Waals surface area contributed by atoms with Crippen molar-refractivity contribution in [1.82, 2.24) is 9.97 Å². The Labute approximate surface area is 154 Å². The van der Waals surface area contributed by atoms with Gasteiger partial charge in [-0.3, -0.25) is 4.79 Å². The molecule has 26 heavy (non-hydrogen) atoms. The smallest absolute Gasteiger partial charge is 0.224 e. The molecule has 1 fully saturated rings. The molecule has 4 nitrogen and oxygen atoms in total. The maximum atomic E-state index is 12.1. The first-order valence-electron chi connectivity index (χ1n) is 9.59. The van der Waals surface area contributed by atoms with Gasteiger partial charge in [0.1, 0.15) is 5.82 Å². The summed E-state index contributed by atoms with van der Waals surface area (Å²) in [5.74, 6) is 1.74. The van der Waals surface area contributed by atoms with Crippen LogP contribution in [0.1, 0.15) is 43.5 Å². The minimum absolute atomic E-state index is 0.145. The Kier molecular flexibility index (Phi) is 5.00. The number of hydrogen-bond donors (Lipinski definition) is 2. The zero-order valence-electron chi connectivity index (χ0n) is 15.0. The normalized spacial score (nSPS) is 14.8. The average Bonchev–Trinajstić information content (AvgIpc) is 3.30. The lowest BCUT2D eigenvalue weighted by atomic mass is 10.0. The van der Waals surface area contributed by atoms with E-state index >= 15 is 0 Å². The number of anilines is 1. The highest BCUT2D eigenvalue weighted by atomic mass is 16.1. The van der Waals surface area contributed by atoms with Gasteiger partial charge in [-0.2, -0.15) is 0 Å². The number of aromatic amines is 1. The fourth-order valence-corrected chi connectivity index (χ4v) is 3.83. The summed E-state index contributed by atoms with van der Waals surface area (Å²) in [6.45, 7) is 0. The van der Waals surface area contributed by atoms with Gasteiger partial charge in [0.25, 0.3) is 0 Å². The van der Waals surface area contributed by atoms with E-state index in [0.717, 1.165) is 35.4 Å². The van der Waals surface area contributed by atoms with Crippen molar-refractivity contribution in [2.75, 3.05) is 5.32 Å². The Bertz CT molecular complexity index is 843. The SMILES string of the molecule is O=C(CC1CCCC1)Nc1ccc(CCc2nc3ccccc3[nH]2)cc1. The molecule has 2 N–H and O–H groups in total.